The van der Waals surface area contributed by atoms with Crippen molar-refractivity contribution >= 4 is 57.8 Å². The Kier molecular flexibility index (Phi) is 8.30. The fourth-order valence-electron chi connectivity index (χ4n) is 2.23. The van der Waals surface area contributed by atoms with Gasteiger partial charge in [0.25, 0.3) is 5.91 Å². The van der Waals surface area contributed by atoms with E-state index in [4.69, 9.17) is 21.1 Å². The SMILES string of the molecule is COC(=O)COc1c(I)cc(/C=C(\C#N)C(=O)Nc2cccc(Cl)c2)cc1OC. The zero-order valence-corrected chi connectivity index (χ0v) is 18.4. The van der Waals surface area contributed by atoms with Gasteiger partial charge in [-0.2, -0.15) is 5.26 Å². The highest BCUT2D eigenvalue weighted by Crippen LogP contribution is 2.34. The van der Waals surface area contributed by atoms with Gasteiger partial charge in [0, 0.05) is 10.7 Å². The summed E-state index contributed by atoms with van der Waals surface area (Å²) in [5.41, 5.74) is 0.919. The molecule has 2 aromatic rings. The van der Waals surface area contributed by atoms with Gasteiger partial charge in [0.15, 0.2) is 18.1 Å². The minimum Gasteiger partial charge on any atom is -0.493 e. The first kappa shape index (κ1) is 22.5. The summed E-state index contributed by atoms with van der Waals surface area (Å²) in [6.45, 7) is -0.274. The first-order valence-electron chi connectivity index (χ1n) is 8.13. The number of amides is 1. The minimum atomic E-state index is -0.574. The molecule has 0 spiro atoms. The number of carbonyl (C=O) groups excluding carboxylic acids is 2. The summed E-state index contributed by atoms with van der Waals surface area (Å²) in [5.74, 6) is -0.400. The molecule has 1 N–H and O–H groups in total. The van der Waals surface area contributed by atoms with Crippen molar-refractivity contribution in [3.63, 3.8) is 0 Å². The molecule has 2 aromatic carbocycles. The molecule has 0 saturated carbocycles. The molecule has 0 atom stereocenters. The number of methoxy groups -OCH3 is 2. The second kappa shape index (κ2) is 10.7. The summed E-state index contributed by atoms with van der Waals surface area (Å²) >= 11 is 7.91. The molecule has 0 radical (unpaired) electrons. The van der Waals surface area contributed by atoms with Gasteiger partial charge in [-0.25, -0.2) is 4.79 Å². The number of nitriles is 1. The van der Waals surface area contributed by atoms with E-state index in [2.05, 4.69) is 10.1 Å². The second-order valence-corrected chi connectivity index (χ2v) is 7.13. The van der Waals surface area contributed by atoms with E-state index in [1.54, 1.807) is 36.4 Å². The van der Waals surface area contributed by atoms with Gasteiger partial charge in [-0.15, -0.1) is 0 Å². The van der Waals surface area contributed by atoms with E-state index in [0.717, 1.165) is 0 Å². The topological polar surface area (TPSA) is 97.7 Å². The van der Waals surface area contributed by atoms with Gasteiger partial charge in [-0.1, -0.05) is 17.7 Å². The summed E-state index contributed by atoms with van der Waals surface area (Å²) in [6, 6.07) is 11.8. The molecule has 0 aliphatic carbocycles. The van der Waals surface area contributed by atoms with Crippen molar-refractivity contribution < 1.29 is 23.8 Å². The Morgan fingerprint density at radius 3 is 2.66 bits per heavy atom. The van der Waals surface area contributed by atoms with E-state index in [-0.39, 0.29) is 12.2 Å². The number of anilines is 1. The highest BCUT2D eigenvalue weighted by molar-refractivity contribution is 14.1. The second-order valence-electron chi connectivity index (χ2n) is 5.53. The van der Waals surface area contributed by atoms with Crippen molar-refractivity contribution in [2.75, 3.05) is 26.1 Å². The van der Waals surface area contributed by atoms with Gasteiger partial charge < -0.3 is 19.5 Å². The minimum absolute atomic E-state index is 0.106. The third-order valence-electron chi connectivity index (χ3n) is 3.57. The largest absolute Gasteiger partial charge is 0.493 e. The first-order chi connectivity index (χ1) is 13.9. The lowest BCUT2D eigenvalue weighted by Crippen LogP contribution is -2.14. The number of halogens is 2. The summed E-state index contributed by atoms with van der Waals surface area (Å²) in [6.07, 6.45) is 1.43. The van der Waals surface area contributed by atoms with E-state index in [1.165, 1.54) is 20.3 Å². The Labute approximate surface area is 186 Å². The van der Waals surface area contributed by atoms with Crippen LogP contribution in [0, 0.1) is 14.9 Å². The number of nitrogens with zero attached hydrogens (tertiary/aromatic N) is 1. The van der Waals surface area contributed by atoms with E-state index >= 15 is 0 Å². The number of benzene rings is 2. The van der Waals surface area contributed by atoms with Crippen molar-refractivity contribution in [1.82, 2.24) is 0 Å². The molecule has 2 rings (SSSR count). The summed E-state index contributed by atoms with van der Waals surface area (Å²) < 4.78 is 15.9. The van der Waals surface area contributed by atoms with Crippen molar-refractivity contribution in [1.29, 1.82) is 5.26 Å². The Morgan fingerprint density at radius 2 is 2.03 bits per heavy atom. The zero-order chi connectivity index (χ0) is 21.4. The van der Waals surface area contributed by atoms with Gasteiger partial charge in [-0.3, -0.25) is 4.79 Å². The molecule has 1 amide bonds. The van der Waals surface area contributed by atoms with Crippen LogP contribution in [0.5, 0.6) is 11.5 Å². The number of rotatable bonds is 7. The van der Waals surface area contributed by atoms with Crippen LogP contribution in [-0.4, -0.2) is 32.7 Å². The standard InChI is InChI=1S/C20H16ClIN2O5/c1-27-17-8-12(7-16(22)19(17)29-11-18(25)28-2)6-13(10-23)20(26)24-15-5-3-4-14(21)9-15/h3-9H,11H2,1-2H3,(H,24,26)/b13-6+. The third-order valence-corrected chi connectivity index (χ3v) is 4.61. The molecule has 0 fully saturated rings. The molecular formula is C20H16ClIN2O5. The third kappa shape index (κ3) is 6.37. The molecule has 0 aromatic heterocycles. The lowest BCUT2D eigenvalue weighted by atomic mass is 10.1. The molecule has 0 aliphatic rings. The average Bonchev–Trinajstić information content (AvgIpc) is 2.70. The quantitative estimate of drug-likeness (QED) is 0.253. The van der Waals surface area contributed by atoms with Crippen molar-refractivity contribution in [2.45, 2.75) is 0 Å². The van der Waals surface area contributed by atoms with E-state index in [1.807, 2.05) is 28.7 Å². The highest BCUT2D eigenvalue weighted by atomic mass is 127. The fourth-order valence-corrected chi connectivity index (χ4v) is 3.20. The first-order valence-corrected chi connectivity index (χ1v) is 9.59. The van der Waals surface area contributed by atoms with Gasteiger partial charge in [0.1, 0.15) is 11.6 Å². The molecule has 29 heavy (non-hydrogen) atoms. The number of ether oxygens (including phenoxy) is 3. The molecule has 0 unspecified atom stereocenters. The van der Waals surface area contributed by atoms with Crippen LogP contribution >= 0.6 is 34.2 Å². The Bertz CT molecular complexity index is 1000. The van der Waals surface area contributed by atoms with Crippen LogP contribution in [0.3, 0.4) is 0 Å². The molecule has 9 heteroatoms. The van der Waals surface area contributed by atoms with Crippen molar-refractivity contribution in [3.8, 4) is 17.6 Å². The van der Waals surface area contributed by atoms with Crippen LogP contribution in [0.4, 0.5) is 5.69 Å². The predicted molar refractivity (Wildman–Crippen MR) is 117 cm³/mol. The molecule has 0 bridgehead atoms. The zero-order valence-electron chi connectivity index (χ0n) is 15.5. The van der Waals surface area contributed by atoms with Gasteiger partial charge in [-0.05, 0) is 64.6 Å². The maximum atomic E-state index is 12.4. The lowest BCUT2D eigenvalue weighted by Gasteiger charge is -2.13. The Balaban J connectivity index is 2.28. The van der Waals surface area contributed by atoms with Crippen molar-refractivity contribution in [3.05, 3.63) is 56.1 Å². The van der Waals surface area contributed by atoms with Crippen LogP contribution in [0.15, 0.2) is 42.0 Å². The molecule has 150 valence electrons. The van der Waals surface area contributed by atoms with Crippen LogP contribution in [0.1, 0.15) is 5.56 Å². The summed E-state index contributed by atoms with van der Waals surface area (Å²) in [4.78, 5) is 23.7. The van der Waals surface area contributed by atoms with E-state index < -0.39 is 11.9 Å². The lowest BCUT2D eigenvalue weighted by molar-refractivity contribution is -0.142. The van der Waals surface area contributed by atoms with Crippen LogP contribution in [-0.2, 0) is 14.3 Å². The van der Waals surface area contributed by atoms with Crippen LogP contribution < -0.4 is 14.8 Å². The highest BCUT2D eigenvalue weighted by Gasteiger charge is 2.15. The van der Waals surface area contributed by atoms with Gasteiger partial charge in [0.05, 0.1) is 17.8 Å². The van der Waals surface area contributed by atoms with Crippen LogP contribution in [0.25, 0.3) is 6.08 Å². The van der Waals surface area contributed by atoms with Gasteiger partial charge in [0.2, 0.25) is 0 Å². The maximum absolute atomic E-state index is 12.4. The number of hydrogen-bond donors (Lipinski definition) is 1. The van der Waals surface area contributed by atoms with E-state index in [0.29, 0.717) is 31.3 Å². The number of esters is 1. The molecular weight excluding hydrogens is 511 g/mol. The fraction of sp³-hybridized carbons (Fsp3) is 0.150. The van der Waals surface area contributed by atoms with Crippen LogP contribution in [0.2, 0.25) is 5.02 Å². The Morgan fingerprint density at radius 1 is 1.28 bits per heavy atom. The number of carbonyl (C=O) groups is 2. The summed E-state index contributed by atoms with van der Waals surface area (Å²) in [7, 11) is 2.71. The average molecular weight is 527 g/mol. The molecule has 0 aliphatic heterocycles. The number of nitrogens with one attached hydrogen (secondary N) is 1. The normalized spacial score (nSPS) is 10.7. The van der Waals surface area contributed by atoms with Crippen molar-refractivity contribution in [2.24, 2.45) is 0 Å². The molecule has 0 heterocycles. The van der Waals surface area contributed by atoms with E-state index in [9.17, 15) is 14.9 Å². The predicted octanol–water partition coefficient (Wildman–Crippen LogP) is 4.05. The Hall–Kier alpha value is -2.77. The molecule has 0 saturated heterocycles. The summed E-state index contributed by atoms with van der Waals surface area (Å²) in [5, 5.41) is 12.5. The monoisotopic (exact) mass is 526 g/mol. The smallest absolute Gasteiger partial charge is 0.343 e. The van der Waals surface area contributed by atoms with Gasteiger partial charge >= 0.3 is 5.97 Å². The maximum Gasteiger partial charge on any atom is 0.343 e. The number of hydrogen-bond acceptors (Lipinski definition) is 6. The molecule has 7 nitrogen and oxygen atoms in total.